The van der Waals surface area contributed by atoms with Gasteiger partial charge >= 0.3 is 0 Å². The van der Waals surface area contributed by atoms with Crippen molar-refractivity contribution in [3.05, 3.63) is 56.9 Å². The van der Waals surface area contributed by atoms with Crippen LogP contribution in [0.1, 0.15) is 0 Å². The minimum atomic E-state index is -0.578. The molecule has 0 radical (unpaired) electrons. The lowest BCUT2D eigenvalue weighted by molar-refractivity contribution is -0.385. The molecule has 20 heavy (non-hydrogen) atoms. The highest BCUT2D eigenvalue weighted by molar-refractivity contribution is 5.38. The van der Waals surface area contributed by atoms with E-state index in [1.807, 2.05) is 0 Å². The molecule has 2 heterocycles. The number of azo groups is 1. The van der Waals surface area contributed by atoms with E-state index in [4.69, 9.17) is 0 Å². The highest BCUT2D eigenvalue weighted by Crippen LogP contribution is 2.18. The van der Waals surface area contributed by atoms with Crippen molar-refractivity contribution in [1.82, 2.24) is 9.97 Å². The van der Waals surface area contributed by atoms with Crippen molar-refractivity contribution in [2.24, 2.45) is 10.2 Å². The first kappa shape index (κ1) is 13.1. The van der Waals surface area contributed by atoms with E-state index >= 15 is 0 Å². The smallest absolute Gasteiger partial charge is 0.258 e. The molecular weight excluding hydrogens is 268 g/mol. The molecule has 0 saturated heterocycles. The molecule has 0 amide bonds. The van der Waals surface area contributed by atoms with Crippen LogP contribution in [-0.2, 0) is 0 Å². The lowest BCUT2D eigenvalue weighted by Gasteiger charge is -1.93. The molecule has 100 valence electrons. The zero-order chi connectivity index (χ0) is 14.5. The zero-order valence-electron chi connectivity index (χ0n) is 9.78. The summed E-state index contributed by atoms with van der Waals surface area (Å²) in [5.41, 5.74) is -0.310. The van der Waals surface area contributed by atoms with E-state index in [1.54, 1.807) is 0 Å². The molecule has 0 aliphatic carbocycles. The van der Waals surface area contributed by atoms with Gasteiger partial charge in [-0.25, -0.2) is 9.97 Å². The van der Waals surface area contributed by atoms with Crippen molar-refractivity contribution in [2.45, 2.75) is 0 Å². The maximum absolute atomic E-state index is 10.4. The summed E-state index contributed by atoms with van der Waals surface area (Å²) in [6, 6.07) is 5.13. The van der Waals surface area contributed by atoms with E-state index < -0.39 is 9.85 Å². The number of nitrogens with zero attached hydrogens (tertiary/aromatic N) is 6. The standard InChI is InChI=1S/C10H6N6O4/c17-15(18)7-1-3-9(11-5-7)13-14-10-4-2-8(6-12-10)16(19)20/h1-6H. The Morgan fingerprint density at radius 3 is 1.45 bits per heavy atom. The molecule has 10 nitrogen and oxygen atoms in total. The molecule has 10 heteroatoms. The fourth-order valence-corrected chi connectivity index (χ4v) is 1.19. The summed E-state index contributed by atoms with van der Waals surface area (Å²) in [7, 11) is 0. The molecule has 0 unspecified atom stereocenters. The Morgan fingerprint density at radius 2 is 1.20 bits per heavy atom. The van der Waals surface area contributed by atoms with Crippen LogP contribution in [0.3, 0.4) is 0 Å². The fraction of sp³-hybridized carbons (Fsp3) is 0. The summed E-state index contributed by atoms with van der Waals surface area (Å²) < 4.78 is 0. The summed E-state index contributed by atoms with van der Waals surface area (Å²) in [6.45, 7) is 0. The third-order valence-electron chi connectivity index (χ3n) is 2.14. The van der Waals surface area contributed by atoms with Crippen LogP contribution < -0.4 is 0 Å². The first-order valence-corrected chi connectivity index (χ1v) is 5.19. The molecule has 2 aromatic rings. The largest absolute Gasteiger partial charge is 0.287 e. The van der Waals surface area contributed by atoms with E-state index in [9.17, 15) is 20.2 Å². The van der Waals surface area contributed by atoms with Gasteiger partial charge in [0.2, 0.25) is 0 Å². The average Bonchev–Trinajstić information content (AvgIpc) is 2.46. The Labute approximate surface area is 111 Å². The fourth-order valence-electron chi connectivity index (χ4n) is 1.19. The number of rotatable bonds is 4. The van der Waals surface area contributed by atoms with Gasteiger partial charge in [-0.3, -0.25) is 20.2 Å². The Hall–Kier alpha value is -3.30. The number of hydrogen-bond donors (Lipinski definition) is 0. The van der Waals surface area contributed by atoms with Crippen molar-refractivity contribution < 1.29 is 9.85 Å². The van der Waals surface area contributed by atoms with E-state index in [2.05, 4.69) is 20.2 Å². The predicted molar refractivity (Wildman–Crippen MR) is 66.0 cm³/mol. The highest BCUT2D eigenvalue weighted by Gasteiger charge is 2.06. The second-order valence-corrected chi connectivity index (χ2v) is 3.46. The van der Waals surface area contributed by atoms with Gasteiger partial charge in [-0.15, -0.1) is 10.2 Å². The van der Waals surface area contributed by atoms with Gasteiger partial charge in [0.05, 0.1) is 9.85 Å². The molecular formula is C10H6N6O4. The lowest BCUT2D eigenvalue weighted by Crippen LogP contribution is -1.88. The number of pyridine rings is 2. The van der Waals surface area contributed by atoms with Gasteiger partial charge in [0.25, 0.3) is 11.4 Å². The maximum atomic E-state index is 10.4. The SMILES string of the molecule is O=[N+]([O-])c1ccc(N=Nc2ccc([N+](=O)[O-])cn2)nc1. The van der Waals surface area contributed by atoms with Gasteiger partial charge in [0, 0.05) is 12.1 Å². The van der Waals surface area contributed by atoms with Crippen LogP contribution in [0.25, 0.3) is 0 Å². The third kappa shape index (κ3) is 3.13. The molecule has 2 rings (SSSR count). The summed E-state index contributed by atoms with van der Waals surface area (Å²) in [4.78, 5) is 27.1. The minimum absolute atomic E-state index is 0.155. The molecule has 0 aromatic carbocycles. The summed E-state index contributed by atoms with van der Waals surface area (Å²) >= 11 is 0. The molecule has 0 N–H and O–H groups in total. The normalized spacial score (nSPS) is 10.6. The Bertz CT molecular complexity index is 608. The third-order valence-corrected chi connectivity index (χ3v) is 2.14. The molecule has 2 aromatic heterocycles. The van der Waals surface area contributed by atoms with Crippen molar-refractivity contribution in [2.75, 3.05) is 0 Å². The number of aromatic nitrogens is 2. The van der Waals surface area contributed by atoms with Gasteiger partial charge < -0.3 is 0 Å². The molecule has 0 bridgehead atoms. The van der Waals surface area contributed by atoms with E-state index in [1.165, 1.54) is 24.3 Å². The Kier molecular flexibility index (Phi) is 3.65. The number of nitro groups is 2. The van der Waals surface area contributed by atoms with Gasteiger partial charge in [-0.2, -0.15) is 0 Å². The lowest BCUT2D eigenvalue weighted by atomic mass is 10.4. The summed E-state index contributed by atoms with van der Waals surface area (Å²) in [5.74, 6) is 0.325. The van der Waals surface area contributed by atoms with Gasteiger partial charge in [-0.05, 0) is 12.1 Å². The maximum Gasteiger partial charge on any atom is 0.287 e. The van der Waals surface area contributed by atoms with Crippen LogP contribution in [0.2, 0.25) is 0 Å². The monoisotopic (exact) mass is 274 g/mol. The van der Waals surface area contributed by atoms with Crippen LogP contribution in [0.5, 0.6) is 0 Å². The van der Waals surface area contributed by atoms with Crippen molar-refractivity contribution in [1.29, 1.82) is 0 Å². The average molecular weight is 274 g/mol. The zero-order valence-corrected chi connectivity index (χ0v) is 9.78. The van der Waals surface area contributed by atoms with Crippen LogP contribution in [-0.4, -0.2) is 19.8 Å². The Morgan fingerprint density at radius 1 is 0.800 bits per heavy atom. The molecule has 0 spiro atoms. The second-order valence-electron chi connectivity index (χ2n) is 3.46. The van der Waals surface area contributed by atoms with Crippen LogP contribution >= 0.6 is 0 Å². The predicted octanol–water partition coefficient (Wildman–Crippen LogP) is 2.71. The molecule has 0 saturated carbocycles. The van der Waals surface area contributed by atoms with Crippen molar-refractivity contribution in [3.63, 3.8) is 0 Å². The topological polar surface area (TPSA) is 137 Å². The first-order valence-electron chi connectivity index (χ1n) is 5.19. The quantitative estimate of drug-likeness (QED) is 0.477. The van der Waals surface area contributed by atoms with Crippen LogP contribution in [0.15, 0.2) is 46.9 Å². The summed E-state index contributed by atoms with van der Waals surface area (Å²) in [5, 5.41) is 28.3. The van der Waals surface area contributed by atoms with Crippen molar-refractivity contribution >= 4 is 23.0 Å². The molecule has 0 aliphatic heterocycles. The molecule has 0 aliphatic rings. The molecule has 0 atom stereocenters. The minimum Gasteiger partial charge on any atom is -0.258 e. The van der Waals surface area contributed by atoms with E-state index in [0.29, 0.717) is 0 Å². The summed E-state index contributed by atoms with van der Waals surface area (Å²) in [6.07, 6.45) is 2.11. The molecule has 0 fully saturated rings. The van der Waals surface area contributed by atoms with E-state index in [0.717, 1.165) is 12.4 Å². The van der Waals surface area contributed by atoms with Gasteiger partial charge in [-0.1, -0.05) is 0 Å². The van der Waals surface area contributed by atoms with Gasteiger partial charge in [0.15, 0.2) is 11.6 Å². The number of hydrogen-bond acceptors (Lipinski definition) is 8. The van der Waals surface area contributed by atoms with Gasteiger partial charge in [0.1, 0.15) is 12.4 Å². The van der Waals surface area contributed by atoms with Crippen molar-refractivity contribution in [3.8, 4) is 0 Å². The van der Waals surface area contributed by atoms with E-state index in [-0.39, 0.29) is 23.0 Å². The highest BCUT2D eigenvalue weighted by atomic mass is 16.6. The van der Waals surface area contributed by atoms with Crippen LogP contribution in [0, 0.1) is 20.2 Å². The Balaban J connectivity index is 2.12. The van der Waals surface area contributed by atoms with Crippen LogP contribution in [0.4, 0.5) is 23.0 Å². The first-order chi connectivity index (χ1) is 9.56. The second kappa shape index (κ2) is 5.56.